The van der Waals surface area contributed by atoms with Crippen molar-refractivity contribution in [1.29, 1.82) is 0 Å². The molecule has 4 aliphatic rings. The summed E-state index contributed by atoms with van der Waals surface area (Å²) < 4.78 is 31.7. The number of carboxylic acids is 1. The Morgan fingerprint density at radius 1 is 1.12 bits per heavy atom. The fraction of sp³-hybridized carbons (Fsp3) is 0.545. The summed E-state index contributed by atoms with van der Waals surface area (Å²) in [5.74, 6) is -3.47. The van der Waals surface area contributed by atoms with Crippen LogP contribution in [0.1, 0.15) is 41.6 Å². The van der Waals surface area contributed by atoms with Gasteiger partial charge >= 0.3 is 12.1 Å². The lowest BCUT2D eigenvalue weighted by atomic mass is 9.72. The van der Waals surface area contributed by atoms with Gasteiger partial charge in [0.05, 0.1) is 0 Å². The van der Waals surface area contributed by atoms with Crippen molar-refractivity contribution in [2.24, 2.45) is 5.41 Å². The van der Waals surface area contributed by atoms with Crippen LogP contribution < -0.4 is 15.5 Å². The van der Waals surface area contributed by atoms with Gasteiger partial charge in [-0.2, -0.15) is 13.2 Å². The summed E-state index contributed by atoms with van der Waals surface area (Å²) in [6.07, 6.45) is -1.96. The van der Waals surface area contributed by atoms with Crippen LogP contribution in [0.15, 0.2) is 18.2 Å². The summed E-state index contributed by atoms with van der Waals surface area (Å²) >= 11 is 0. The fourth-order valence-electron chi connectivity index (χ4n) is 4.96. The molecule has 0 aromatic heterocycles. The van der Waals surface area contributed by atoms with E-state index in [1.54, 1.807) is 4.90 Å². The van der Waals surface area contributed by atoms with E-state index >= 15 is 0 Å². The first kappa shape index (κ1) is 24.0. The number of hydrogen-bond acceptors (Lipinski definition) is 6. The Balaban J connectivity index is 0.000000344. The van der Waals surface area contributed by atoms with Gasteiger partial charge in [-0.05, 0) is 50.0 Å². The molecule has 1 spiro atoms. The number of imide groups is 1. The topological polar surface area (TPSA) is 119 Å². The number of aliphatic carboxylic acids is 1. The predicted molar refractivity (Wildman–Crippen MR) is 113 cm³/mol. The average molecular weight is 482 g/mol. The van der Waals surface area contributed by atoms with Gasteiger partial charge in [-0.25, -0.2) is 4.79 Å². The summed E-state index contributed by atoms with van der Waals surface area (Å²) in [6, 6.07) is 5.54. The maximum Gasteiger partial charge on any atom is 0.490 e. The molecular formula is C22H25F3N4O5. The monoisotopic (exact) mass is 482 g/mol. The van der Waals surface area contributed by atoms with Crippen molar-refractivity contribution >= 4 is 29.4 Å². The van der Waals surface area contributed by atoms with E-state index in [0.29, 0.717) is 23.9 Å². The average Bonchev–Trinajstić information content (AvgIpc) is 3.08. The van der Waals surface area contributed by atoms with Gasteiger partial charge < -0.3 is 20.2 Å². The van der Waals surface area contributed by atoms with Crippen molar-refractivity contribution in [2.75, 3.05) is 31.1 Å². The molecule has 0 bridgehead atoms. The Kier molecular flexibility index (Phi) is 6.28. The molecule has 1 aromatic rings. The van der Waals surface area contributed by atoms with Crippen LogP contribution >= 0.6 is 0 Å². The fourth-order valence-corrected chi connectivity index (χ4v) is 4.96. The number of nitrogens with one attached hydrogen (secondary N) is 2. The van der Waals surface area contributed by atoms with Crippen LogP contribution in [0.3, 0.4) is 0 Å². The molecule has 0 radical (unpaired) electrons. The molecule has 5 rings (SSSR count). The van der Waals surface area contributed by atoms with Crippen LogP contribution in [-0.2, 0) is 20.9 Å². The number of benzene rings is 1. The second kappa shape index (κ2) is 8.90. The number of fused-ring (bicyclic) bond motifs is 1. The lowest BCUT2D eigenvalue weighted by Gasteiger charge is -2.53. The van der Waals surface area contributed by atoms with Crippen molar-refractivity contribution in [3.8, 4) is 0 Å². The molecule has 0 aliphatic carbocycles. The van der Waals surface area contributed by atoms with Crippen molar-refractivity contribution in [2.45, 2.75) is 44.4 Å². The molecule has 12 heteroatoms. The first-order valence-corrected chi connectivity index (χ1v) is 11.0. The van der Waals surface area contributed by atoms with Crippen molar-refractivity contribution in [3.63, 3.8) is 0 Å². The first-order chi connectivity index (χ1) is 16.0. The number of hydrogen-bond donors (Lipinski definition) is 3. The number of carbonyl (C=O) groups is 4. The van der Waals surface area contributed by atoms with Gasteiger partial charge in [-0.3, -0.25) is 19.7 Å². The van der Waals surface area contributed by atoms with Gasteiger partial charge in [-0.1, -0.05) is 6.07 Å². The molecule has 4 aliphatic heterocycles. The lowest BCUT2D eigenvalue weighted by Crippen LogP contribution is -2.60. The van der Waals surface area contributed by atoms with E-state index in [0.717, 1.165) is 37.4 Å². The normalized spacial score (nSPS) is 23.6. The summed E-state index contributed by atoms with van der Waals surface area (Å²) in [6.45, 7) is 4.74. The maximum absolute atomic E-state index is 12.9. The molecule has 184 valence electrons. The summed E-state index contributed by atoms with van der Waals surface area (Å²) in [5.41, 5.74) is 3.19. The molecule has 0 saturated carbocycles. The van der Waals surface area contributed by atoms with Crippen molar-refractivity contribution in [3.05, 3.63) is 29.3 Å². The molecule has 3 amide bonds. The largest absolute Gasteiger partial charge is 0.490 e. The van der Waals surface area contributed by atoms with Crippen LogP contribution in [0.5, 0.6) is 0 Å². The number of carbonyl (C=O) groups excluding carboxylic acids is 3. The molecule has 1 unspecified atom stereocenters. The highest BCUT2D eigenvalue weighted by Gasteiger charge is 2.44. The summed E-state index contributed by atoms with van der Waals surface area (Å²) in [7, 11) is 0. The Morgan fingerprint density at radius 2 is 1.76 bits per heavy atom. The van der Waals surface area contributed by atoms with E-state index in [1.165, 1.54) is 12.8 Å². The van der Waals surface area contributed by atoms with E-state index in [2.05, 4.69) is 21.6 Å². The first-order valence-electron chi connectivity index (χ1n) is 11.0. The highest BCUT2D eigenvalue weighted by atomic mass is 19.4. The Labute approximate surface area is 193 Å². The van der Waals surface area contributed by atoms with Crippen molar-refractivity contribution < 1.29 is 37.5 Å². The van der Waals surface area contributed by atoms with Gasteiger partial charge in [0.15, 0.2) is 0 Å². The SMILES string of the molecule is O=C(O)C(F)(F)F.O=C1CCC(N2Cc3ccc(N4CC5(CCNCC5)C4)cc3C2=O)C(=O)N1. The zero-order chi connectivity index (χ0) is 24.7. The van der Waals surface area contributed by atoms with Crippen LogP contribution in [-0.4, -0.2) is 72.1 Å². The lowest BCUT2D eigenvalue weighted by molar-refractivity contribution is -0.192. The van der Waals surface area contributed by atoms with Gasteiger partial charge in [0, 0.05) is 42.7 Å². The Hall–Kier alpha value is -3.15. The van der Waals surface area contributed by atoms with Crippen LogP contribution in [0.2, 0.25) is 0 Å². The molecule has 34 heavy (non-hydrogen) atoms. The van der Waals surface area contributed by atoms with Crippen LogP contribution in [0.4, 0.5) is 18.9 Å². The molecule has 1 atom stereocenters. The third kappa shape index (κ3) is 4.72. The van der Waals surface area contributed by atoms with Gasteiger partial charge in [-0.15, -0.1) is 0 Å². The molecule has 3 fully saturated rings. The third-order valence-corrected chi connectivity index (χ3v) is 6.84. The number of rotatable bonds is 2. The minimum absolute atomic E-state index is 0.0987. The van der Waals surface area contributed by atoms with Gasteiger partial charge in [0.1, 0.15) is 6.04 Å². The molecule has 3 N–H and O–H groups in total. The van der Waals surface area contributed by atoms with Crippen LogP contribution in [0.25, 0.3) is 0 Å². The highest BCUT2D eigenvalue weighted by Crippen LogP contribution is 2.42. The second-order valence-electron chi connectivity index (χ2n) is 9.15. The molecule has 3 saturated heterocycles. The quantitative estimate of drug-likeness (QED) is 0.544. The number of piperidine rings is 2. The highest BCUT2D eigenvalue weighted by molar-refractivity contribution is 6.05. The molecule has 9 nitrogen and oxygen atoms in total. The number of anilines is 1. The zero-order valence-electron chi connectivity index (χ0n) is 18.3. The number of carboxylic acid groups (broad SMARTS) is 1. The standard InChI is InChI=1S/C20H24N4O3.C2HF3O2/c25-17-4-3-16(18(26)22-17)24-10-13-1-2-14(9-15(13)19(24)27)23-11-20(12-23)5-7-21-8-6-20;3-2(4,5)1(6)7/h1-2,9,16,21H,3-8,10-12H2,(H,22,25,26);(H,6,7). The Bertz CT molecular complexity index is 1010. The molecular weight excluding hydrogens is 457 g/mol. The van der Waals surface area contributed by atoms with E-state index in [9.17, 15) is 27.6 Å². The van der Waals surface area contributed by atoms with Crippen LogP contribution in [0, 0.1) is 5.41 Å². The Morgan fingerprint density at radius 3 is 2.35 bits per heavy atom. The smallest absolute Gasteiger partial charge is 0.475 e. The minimum Gasteiger partial charge on any atom is -0.475 e. The van der Waals surface area contributed by atoms with E-state index < -0.39 is 18.2 Å². The number of nitrogens with zero attached hydrogens (tertiary/aromatic N) is 2. The summed E-state index contributed by atoms with van der Waals surface area (Å²) in [5, 5.41) is 12.9. The van der Waals surface area contributed by atoms with E-state index in [-0.39, 0.29) is 24.1 Å². The maximum atomic E-state index is 12.9. The minimum atomic E-state index is -5.08. The molecule has 4 heterocycles. The summed E-state index contributed by atoms with van der Waals surface area (Å²) in [4.78, 5) is 49.3. The van der Waals surface area contributed by atoms with Gasteiger partial charge in [0.25, 0.3) is 5.91 Å². The number of halogens is 3. The number of alkyl halides is 3. The van der Waals surface area contributed by atoms with E-state index in [4.69, 9.17) is 9.90 Å². The van der Waals surface area contributed by atoms with Gasteiger partial charge in [0.2, 0.25) is 11.8 Å². The number of amides is 3. The third-order valence-electron chi connectivity index (χ3n) is 6.84. The van der Waals surface area contributed by atoms with E-state index in [1.807, 2.05) is 12.1 Å². The van der Waals surface area contributed by atoms with Crippen molar-refractivity contribution in [1.82, 2.24) is 15.5 Å². The molecule has 1 aromatic carbocycles. The zero-order valence-corrected chi connectivity index (χ0v) is 18.3. The predicted octanol–water partition coefficient (Wildman–Crippen LogP) is 1.27. The second-order valence-corrected chi connectivity index (χ2v) is 9.15.